The molecule has 0 unspecified atom stereocenters. The highest BCUT2D eigenvalue weighted by atomic mass is 16.5. The maximum absolute atomic E-state index is 12.8. The van der Waals surface area contributed by atoms with Crippen LogP contribution in [0.25, 0.3) is 0 Å². The van der Waals surface area contributed by atoms with Crippen molar-refractivity contribution in [3.8, 4) is 0 Å². The van der Waals surface area contributed by atoms with E-state index in [2.05, 4.69) is 15.4 Å². The van der Waals surface area contributed by atoms with Gasteiger partial charge in [-0.2, -0.15) is 0 Å². The molecule has 23 heavy (non-hydrogen) atoms. The van der Waals surface area contributed by atoms with Crippen molar-refractivity contribution in [2.45, 2.75) is 63.6 Å². The van der Waals surface area contributed by atoms with E-state index in [-0.39, 0.29) is 12.1 Å². The quantitative estimate of drug-likeness (QED) is 0.910. The second-order valence-electron chi connectivity index (χ2n) is 7.17. The molecule has 4 heterocycles. The second-order valence-corrected chi connectivity index (χ2v) is 7.17. The number of rotatable bonds is 2. The number of hydrogen-bond donors (Lipinski definition) is 1. The minimum atomic E-state index is 0.0417. The van der Waals surface area contributed by atoms with E-state index in [9.17, 15) is 4.79 Å². The highest BCUT2D eigenvalue weighted by Crippen LogP contribution is 2.33. The lowest BCUT2D eigenvalue weighted by Gasteiger charge is -2.33. The Morgan fingerprint density at radius 2 is 2.13 bits per heavy atom. The van der Waals surface area contributed by atoms with Gasteiger partial charge in [0, 0.05) is 31.2 Å². The molecule has 3 aliphatic rings. The molecule has 1 N–H and O–H groups in total. The Bertz CT molecular complexity index is 573. The first-order valence-electron chi connectivity index (χ1n) is 8.97. The summed E-state index contributed by atoms with van der Waals surface area (Å²) >= 11 is 0. The van der Waals surface area contributed by atoms with Crippen LogP contribution in [0, 0.1) is 6.92 Å². The standard InChI is InChI=1S/C17H26N4O2/c1-12-11-16(23-19-12)15-6-4-9-21(15)17(22)18-13-7-10-20-8-3-2-5-14(13)20/h11,13-15H,2-10H2,1H3,(H,18,22)/t13-,14+,15+/m1/s1. The lowest BCUT2D eigenvalue weighted by atomic mass is 9.99. The molecule has 2 amide bonds. The molecule has 1 aromatic rings. The number of hydrogen-bond acceptors (Lipinski definition) is 4. The number of amides is 2. The van der Waals surface area contributed by atoms with Gasteiger partial charge < -0.3 is 14.7 Å². The van der Waals surface area contributed by atoms with Gasteiger partial charge in [0.05, 0.1) is 11.7 Å². The van der Waals surface area contributed by atoms with Crippen molar-refractivity contribution in [3.05, 3.63) is 17.5 Å². The van der Waals surface area contributed by atoms with E-state index in [1.807, 2.05) is 17.9 Å². The van der Waals surface area contributed by atoms with Crippen molar-refractivity contribution in [2.75, 3.05) is 19.6 Å². The fourth-order valence-corrected chi connectivity index (χ4v) is 4.50. The Morgan fingerprint density at radius 1 is 1.22 bits per heavy atom. The van der Waals surface area contributed by atoms with Crippen molar-refractivity contribution < 1.29 is 9.32 Å². The first-order chi connectivity index (χ1) is 11.2. The first kappa shape index (κ1) is 15.0. The minimum Gasteiger partial charge on any atom is -0.359 e. The van der Waals surface area contributed by atoms with Gasteiger partial charge in [-0.3, -0.25) is 4.90 Å². The summed E-state index contributed by atoms with van der Waals surface area (Å²) in [7, 11) is 0. The maximum Gasteiger partial charge on any atom is 0.318 e. The lowest BCUT2D eigenvalue weighted by Crippen LogP contribution is -2.50. The summed E-state index contributed by atoms with van der Waals surface area (Å²) in [5.74, 6) is 0.820. The number of aryl methyl sites for hydroxylation is 1. The molecule has 3 saturated heterocycles. The van der Waals surface area contributed by atoms with Crippen LogP contribution in [-0.2, 0) is 0 Å². The van der Waals surface area contributed by atoms with Crippen LogP contribution in [-0.4, -0.2) is 52.7 Å². The van der Waals surface area contributed by atoms with Crippen LogP contribution < -0.4 is 5.32 Å². The number of carbonyl (C=O) groups excluding carboxylic acids is 1. The maximum atomic E-state index is 12.8. The molecule has 0 bridgehead atoms. The number of nitrogens with zero attached hydrogens (tertiary/aromatic N) is 3. The summed E-state index contributed by atoms with van der Waals surface area (Å²) in [6.45, 7) is 5.04. The van der Waals surface area contributed by atoms with E-state index in [0.29, 0.717) is 12.1 Å². The molecule has 6 nitrogen and oxygen atoms in total. The lowest BCUT2D eigenvalue weighted by molar-refractivity contribution is 0.160. The molecule has 126 valence electrons. The number of urea groups is 1. The third kappa shape index (κ3) is 2.84. The Hall–Kier alpha value is -1.56. The number of fused-ring (bicyclic) bond motifs is 1. The van der Waals surface area contributed by atoms with E-state index in [1.54, 1.807) is 0 Å². The number of piperidine rings is 1. The molecule has 1 aromatic heterocycles. The molecule has 3 atom stereocenters. The van der Waals surface area contributed by atoms with Crippen LogP contribution in [0.5, 0.6) is 0 Å². The molecule has 0 saturated carbocycles. The zero-order valence-electron chi connectivity index (χ0n) is 13.8. The minimum absolute atomic E-state index is 0.0417. The smallest absolute Gasteiger partial charge is 0.318 e. The topological polar surface area (TPSA) is 61.6 Å². The van der Waals surface area contributed by atoms with Crippen molar-refractivity contribution in [1.29, 1.82) is 0 Å². The van der Waals surface area contributed by atoms with Crippen molar-refractivity contribution in [1.82, 2.24) is 20.3 Å². The van der Waals surface area contributed by atoms with Gasteiger partial charge in [-0.25, -0.2) is 4.79 Å². The fourth-order valence-electron chi connectivity index (χ4n) is 4.50. The van der Waals surface area contributed by atoms with Crippen LogP contribution in [0.4, 0.5) is 4.79 Å². The third-order valence-electron chi connectivity index (χ3n) is 5.65. The van der Waals surface area contributed by atoms with Gasteiger partial charge in [0.1, 0.15) is 0 Å². The van der Waals surface area contributed by atoms with Gasteiger partial charge in [0.15, 0.2) is 5.76 Å². The zero-order valence-corrected chi connectivity index (χ0v) is 13.8. The van der Waals surface area contributed by atoms with Crippen LogP contribution in [0.2, 0.25) is 0 Å². The molecule has 0 radical (unpaired) electrons. The molecular weight excluding hydrogens is 292 g/mol. The monoisotopic (exact) mass is 318 g/mol. The SMILES string of the molecule is Cc1cc([C@@H]2CCCN2C(=O)N[C@@H]2CCN3CCCC[C@@H]23)on1. The first-order valence-corrected chi connectivity index (χ1v) is 8.97. The summed E-state index contributed by atoms with van der Waals surface area (Å²) in [4.78, 5) is 17.3. The molecule has 0 spiro atoms. The summed E-state index contributed by atoms with van der Waals surface area (Å²) in [6, 6.07) is 2.91. The number of likely N-dealkylation sites (tertiary alicyclic amines) is 1. The molecule has 4 rings (SSSR count). The molecular formula is C17H26N4O2. The van der Waals surface area contributed by atoms with E-state index in [1.165, 1.54) is 25.8 Å². The zero-order chi connectivity index (χ0) is 15.8. The van der Waals surface area contributed by atoms with Crippen LogP contribution in [0.1, 0.15) is 56.0 Å². The summed E-state index contributed by atoms with van der Waals surface area (Å²) < 4.78 is 5.40. The Kier molecular flexibility index (Phi) is 4.01. The summed E-state index contributed by atoms with van der Waals surface area (Å²) in [5, 5.41) is 7.28. The highest BCUT2D eigenvalue weighted by Gasteiger charge is 2.39. The number of carbonyl (C=O) groups is 1. The molecule has 0 aromatic carbocycles. The van der Waals surface area contributed by atoms with E-state index in [0.717, 1.165) is 43.8 Å². The molecule has 6 heteroatoms. The fraction of sp³-hybridized carbons (Fsp3) is 0.765. The van der Waals surface area contributed by atoms with E-state index < -0.39 is 0 Å². The summed E-state index contributed by atoms with van der Waals surface area (Å²) in [6.07, 6.45) is 6.87. The van der Waals surface area contributed by atoms with Crippen molar-refractivity contribution >= 4 is 6.03 Å². The predicted molar refractivity (Wildman–Crippen MR) is 86.1 cm³/mol. The summed E-state index contributed by atoms with van der Waals surface area (Å²) in [5.41, 5.74) is 0.876. The van der Waals surface area contributed by atoms with Crippen molar-refractivity contribution in [3.63, 3.8) is 0 Å². The Labute approximate surface area is 137 Å². The molecule has 3 aliphatic heterocycles. The van der Waals surface area contributed by atoms with Gasteiger partial charge >= 0.3 is 6.03 Å². The van der Waals surface area contributed by atoms with E-state index >= 15 is 0 Å². The van der Waals surface area contributed by atoms with Crippen molar-refractivity contribution in [2.24, 2.45) is 0 Å². The van der Waals surface area contributed by atoms with E-state index in [4.69, 9.17) is 4.52 Å². The largest absolute Gasteiger partial charge is 0.359 e. The third-order valence-corrected chi connectivity index (χ3v) is 5.65. The van der Waals surface area contributed by atoms with Gasteiger partial charge in [0.25, 0.3) is 0 Å². The molecule has 0 aliphatic carbocycles. The average molecular weight is 318 g/mol. The van der Waals surface area contributed by atoms with Crippen LogP contribution in [0.15, 0.2) is 10.6 Å². The van der Waals surface area contributed by atoms with Crippen LogP contribution in [0.3, 0.4) is 0 Å². The highest BCUT2D eigenvalue weighted by molar-refractivity contribution is 5.75. The molecule has 3 fully saturated rings. The second kappa shape index (κ2) is 6.15. The van der Waals surface area contributed by atoms with Crippen LogP contribution >= 0.6 is 0 Å². The normalized spacial score (nSPS) is 31.3. The Morgan fingerprint density at radius 3 is 2.96 bits per heavy atom. The average Bonchev–Trinajstić information content (AvgIpc) is 3.26. The number of aromatic nitrogens is 1. The van der Waals surface area contributed by atoms with Gasteiger partial charge in [-0.05, 0) is 45.6 Å². The Balaban J connectivity index is 1.42. The predicted octanol–water partition coefficient (Wildman–Crippen LogP) is 2.46. The number of nitrogens with one attached hydrogen (secondary N) is 1. The van der Waals surface area contributed by atoms with Gasteiger partial charge in [-0.15, -0.1) is 0 Å². The van der Waals surface area contributed by atoms with Gasteiger partial charge in [-0.1, -0.05) is 11.6 Å². The van der Waals surface area contributed by atoms with Gasteiger partial charge in [0.2, 0.25) is 0 Å².